The van der Waals surface area contributed by atoms with Crippen molar-refractivity contribution < 1.29 is 14.3 Å². The van der Waals surface area contributed by atoms with Gasteiger partial charge in [0.2, 0.25) is 11.8 Å². The number of amides is 1. The van der Waals surface area contributed by atoms with Crippen LogP contribution < -0.4 is 14.8 Å². The fourth-order valence-corrected chi connectivity index (χ4v) is 2.71. The third-order valence-electron chi connectivity index (χ3n) is 3.89. The molecule has 6 heteroatoms. The van der Waals surface area contributed by atoms with Gasteiger partial charge < -0.3 is 14.8 Å². The molecule has 21 heavy (non-hydrogen) atoms. The molecule has 1 saturated heterocycles. The van der Waals surface area contributed by atoms with Crippen LogP contribution in [0.5, 0.6) is 11.8 Å². The maximum Gasteiger partial charge on any atom is 0.256 e. The standard InChI is InChI=1S/C15H23N3O3/c1-4-18-9-5-6-11(18)10-16-14(19)12-7-8-13(20-2)17-15(12)21-3/h7-8,11H,4-6,9-10H2,1-3H3,(H,16,19). The van der Waals surface area contributed by atoms with Crippen LogP contribution in [0, 0.1) is 0 Å². The SMILES string of the molecule is CCN1CCCC1CNC(=O)c1ccc(OC)nc1OC. The lowest BCUT2D eigenvalue weighted by Crippen LogP contribution is -2.40. The zero-order valence-corrected chi connectivity index (χ0v) is 12.9. The Kier molecular flexibility index (Phi) is 5.38. The summed E-state index contributed by atoms with van der Waals surface area (Å²) in [5, 5.41) is 2.98. The van der Waals surface area contributed by atoms with E-state index in [-0.39, 0.29) is 11.8 Å². The van der Waals surface area contributed by atoms with Gasteiger partial charge in [-0.05, 0) is 32.0 Å². The van der Waals surface area contributed by atoms with Crippen molar-refractivity contribution in [2.75, 3.05) is 33.9 Å². The van der Waals surface area contributed by atoms with Gasteiger partial charge in [0.1, 0.15) is 5.56 Å². The largest absolute Gasteiger partial charge is 0.481 e. The number of aromatic nitrogens is 1. The van der Waals surface area contributed by atoms with Crippen LogP contribution in [0.25, 0.3) is 0 Å². The highest BCUT2D eigenvalue weighted by atomic mass is 16.5. The molecule has 1 N–H and O–H groups in total. The molecule has 1 atom stereocenters. The van der Waals surface area contributed by atoms with Gasteiger partial charge in [-0.25, -0.2) is 0 Å². The number of likely N-dealkylation sites (tertiary alicyclic amines) is 1. The fraction of sp³-hybridized carbons (Fsp3) is 0.600. The summed E-state index contributed by atoms with van der Waals surface area (Å²) in [6.07, 6.45) is 2.33. The first kappa shape index (κ1) is 15.6. The van der Waals surface area contributed by atoms with Crippen LogP contribution in [0.15, 0.2) is 12.1 Å². The van der Waals surface area contributed by atoms with Gasteiger partial charge >= 0.3 is 0 Å². The van der Waals surface area contributed by atoms with Crippen molar-refractivity contribution in [3.63, 3.8) is 0 Å². The lowest BCUT2D eigenvalue weighted by molar-refractivity contribution is 0.0937. The molecule has 0 spiro atoms. The van der Waals surface area contributed by atoms with E-state index in [1.54, 1.807) is 12.1 Å². The number of rotatable bonds is 6. The molecule has 1 fully saturated rings. The lowest BCUT2D eigenvalue weighted by Gasteiger charge is -2.23. The number of carbonyl (C=O) groups excluding carboxylic acids is 1. The maximum absolute atomic E-state index is 12.3. The maximum atomic E-state index is 12.3. The fourth-order valence-electron chi connectivity index (χ4n) is 2.71. The number of hydrogen-bond acceptors (Lipinski definition) is 5. The second-order valence-electron chi connectivity index (χ2n) is 5.05. The van der Waals surface area contributed by atoms with E-state index >= 15 is 0 Å². The molecular formula is C15H23N3O3. The summed E-state index contributed by atoms with van der Waals surface area (Å²) in [6, 6.07) is 3.76. The highest BCUT2D eigenvalue weighted by Gasteiger charge is 2.24. The van der Waals surface area contributed by atoms with Crippen LogP contribution in [-0.4, -0.2) is 55.7 Å². The Morgan fingerprint density at radius 3 is 2.90 bits per heavy atom. The first-order chi connectivity index (χ1) is 10.2. The first-order valence-electron chi connectivity index (χ1n) is 7.30. The van der Waals surface area contributed by atoms with Crippen LogP contribution >= 0.6 is 0 Å². The molecule has 1 aromatic heterocycles. The normalized spacial score (nSPS) is 18.5. The number of pyridine rings is 1. The van der Waals surface area contributed by atoms with E-state index in [0.717, 1.165) is 19.5 Å². The summed E-state index contributed by atoms with van der Waals surface area (Å²) >= 11 is 0. The third-order valence-corrected chi connectivity index (χ3v) is 3.89. The van der Waals surface area contributed by atoms with Crippen molar-refractivity contribution in [3.05, 3.63) is 17.7 Å². The summed E-state index contributed by atoms with van der Waals surface area (Å²) in [5.41, 5.74) is 0.430. The van der Waals surface area contributed by atoms with Gasteiger partial charge in [-0.15, -0.1) is 0 Å². The van der Waals surface area contributed by atoms with Gasteiger partial charge in [0, 0.05) is 18.7 Å². The highest BCUT2D eigenvalue weighted by molar-refractivity contribution is 5.96. The summed E-state index contributed by atoms with van der Waals surface area (Å²) in [5.74, 6) is 0.548. The smallest absolute Gasteiger partial charge is 0.256 e. The number of methoxy groups -OCH3 is 2. The summed E-state index contributed by atoms with van der Waals surface area (Å²) in [6.45, 7) is 4.94. The first-order valence-corrected chi connectivity index (χ1v) is 7.30. The Hall–Kier alpha value is -1.82. The second-order valence-corrected chi connectivity index (χ2v) is 5.05. The average Bonchev–Trinajstić information content (AvgIpc) is 2.99. The minimum atomic E-state index is -0.162. The molecule has 0 bridgehead atoms. The van der Waals surface area contributed by atoms with E-state index in [9.17, 15) is 4.79 Å². The van der Waals surface area contributed by atoms with Gasteiger partial charge in [-0.2, -0.15) is 4.98 Å². The molecule has 0 saturated carbocycles. The number of nitrogens with zero attached hydrogens (tertiary/aromatic N) is 2. The molecule has 2 rings (SSSR count). The van der Waals surface area contributed by atoms with Gasteiger partial charge in [-0.3, -0.25) is 9.69 Å². The molecule has 0 aromatic carbocycles. The molecule has 1 amide bonds. The molecule has 1 aliphatic rings. The van der Waals surface area contributed by atoms with Gasteiger partial charge in [0.05, 0.1) is 14.2 Å². The molecular weight excluding hydrogens is 270 g/mol. The van der Waals surface area contributed by atoms with Gasteiger partial charge in [0.25, 0.3) is 5.91 Å². The van der Waals surface area contributed by atoms with Crippen LogP contribution in [0.1, 0.15) is 30.1 Å². The van der Waals surface area contributed by atoms with Crippen molar-refractivity contribution in [3.8, 4) is 11.8 Å². The van der Waals surface area contributed by atoms with E-state index in [1.807, 2.05) is 0 Å². The van der Waals surface area contributed by atoms with E-state index in [0.29, 0.717) is 24.0 Å². The van der Waals surface area contributed by atoms with E-state index in [2.05, 4.69) is 22.1 Å². The Morgan fingerprint density at radius 2 is 2.24 bits per heavy atom. The van der Waals surface area contributed by atoms with E-state index < -0.39 is 0 Å². The minimum Gasteiger partial charge on any atom is -0.481 e. The third kappa shape index (κ3) is 3.64. The molecule has 6 nitrogen and oxygen atoms in total. The molecule has 0 aliphatic carbocycles. The predicted molar refractivity (Wildman–Crippen MR) is 79.9 cm³/mol. The van der Waals surface area contributed by atoms with Crippen molar-refractivity contribution in [2.45, 2.75) is 25.8 Å². The lowest BCUT2D eigenvalue weighted by atomic mass is 10.2. The van der Waals surface area contributed by atoms with Crippen molar-refractivity contribution in [2.24, 2.45) is 0 Å². The number of ether oxygens (including phenoxy) is 2. The molecule has 116 valence electrons. The Morgan fingerprint density at radius 1 is 1.43 bits per heavy atom. The van der Waals surface area contributed by atoms with Crippen molar-refractivity contribution in [1.82, 2.24) is 15.2 Å². The summed E-state index contributed by atoms with van der Waals surface area (Å²) in [4.78, 5) is 18.8. The summed E-state index contributed by atoms with van der Waals surface area (Å²) in [7, 11) is 3.02. The number of nitrogens with one attached hydrogen (secondary N) is 1. The monoisotopic (exact) mass is 293 g/mol. The number of likely N-dealkylation sites (N-methyl/N-ethyl adjacent to an activating group) is 1. The molecule has 0 radical (unpaired) electrons. The molecule has 1 aromatic rings. The van der Waals surface area contributed by atoms with Crippen LogP contribution in [0.4, 0.5) is 0 Å². The summed E-state index contributed by atoms with van der Waals surface area (Å²) < 4.78 is 10.2. The van der Waals surface area contributed by atoms with Crippen molar-refractivity contribution in [1.29, 1.82) is 0 Å². The number of hydrogen-bond donors (Lipinski definition) is 1. The number of carbonyl (C=O) groups is 1. The van der Waals surface area contributed by atoms with Gasteiger partial charge in [-0.1, -0.05) is 6.92 Å². The Labute approximate surface area is 125 Å². The average molecular weight is 293 g/mol. The van der Waals surface area contributed by atoms with Crippen molar-refractivity contribution >= 4 is 5.91 Å². The van der Waals surface area contributed by atoms with Crippen LogP contribution in [0.2, 0.25) is 0 Å². The van der Waals surface area contributed by atoms with Gasteiger partial charge in [0.15, 0.2) is 0 Å². The topological polar surface area (TPSA) is 63.7 Å². The van der Waals surface area contributed by atoms with Crippen LogP contribution in [0.3, 0.4) is 0 Å². The minimum absolute atomic E-state index is 0.162. The molecule has 1 unspecified atom stereocenters. The van der Waals surface area contributed by atoms with E-state index in [1.165, 1.54) is 20.6 Å². The van der Waals surface area contributed by atoms with E-state index in [4.69, 9.17) is 9.47 Å². The second kappa shape index (κ2) is 7.26. The van der Waals surface area contributed by atoms with Crippen LogP contribution in [-0.2, 0) is 0 Å². The Balaban J connectivity index is 2.00. The highest BCUT2D eigenvalue weighted by Crippen LogP contribution is 2.20. The Bertz CT molecular complexity index is 493. The zero-order valence-electron chi connectivity index (χ0n) is 12.9. The molecule has 1 aliphatic heterocycles. The quantitative estimate of drug-likeness (QED) is 0.857. The predicted octanol–water partition coefficient (Wildman–Crippen LogP) is 1.31. The zero-order chi connectivity index (χ0) is 15.2. The molecule has 2 heterocycles.